The van der Waals surface area contributed by atoms with Crippen LogP contribution in [0.1, 0.15) is 22.6 Å². The van der Waals surface area contributed by atoms with Gasteiger partial charge in [0.25, 0.3) is 0 Å². The molecule has 0 saturated carbocycles. The third-order valence-corrected chi connectivity index (χ3v) is 2.76. The van der Waals surface area contributed by atoms with Gasteiger partial charge < -0.3 is 9.59 Å². The van der Waals surface area contributed by atoms with Crippen LogP contribution in [-0.2, 0) is 9.59 Å². The molecule has 0 aliphatic rings. The molecule has 0 atom stereocenters. The van der Waals surface area contributed by atoms with Gasteiger partial charge >= 0.3 is 0 Å². The van der Waals surface area contributed by atoms with Gasteiger partial charge in [0, 0.05) is 4.47 Å². The second kappa shape index (κ2) is 4.51. The molecule has 0 bridgehead atoms. The summed E-state index contributed by atoms with van der Waals surface area (Å²) in [5.41, 5.74) is 2.83. The molecule has 74 valence electrons. The molecule has 2 nitrogen and oxygen atoms in total. The maximum atomic E-state index is 10.7. The predicted octanol–water partition coefficient (Wildman–Crippen LogP) is 2.55. The highest BCUT2D eigenvalue weighted by atomic mass is 79.9. The highest BCUT2D eigenvalue weighted by Crippen LogP contribution is 2.27. The first-order chi connectivity index (χ1) is 6.60. The Labute approximate surface area is 91.4 Å². The lowest BCUT2D eigenvalue weighted by Crippen LogP contribution is -2.05. The van der Waals surface area contributed by atoms with Crippen molar-refractivity contribution in [1.29, 1.82) is 0 Å². The number of rotatable bonds is 3. The topological polar surface area (TPSA) is 34.1 Å². The molecule has 0 aliphatic heterocycles. The van der Waals surface area contributed by atoms with E-state index in [1.54, 1.807) is 0 Å². The first-order valence-electron chi connectivity index (χ1n) is 4.27. The van der Waals surface area contributed by atoms with Gasteiger partial charge in [0.2, 0.25) is 0 Å². The Bertz CT molecular complexity index is 341. The van der Waals surface area contributed by atoms with Crippen molar-refractivity contribution in [3.05, 3.63) is 33.3 Å². The summed E-state index contributed by atoms with van der Waals surface area (Å²) in [6, 6.07) is 3.86. The quantitative estimate of drug-likeness (QED) is 0.614. The first-order valence-corrected chi connectivity index (χ1v) is 5.06. The Morgan fingerprint density at radius 2 is 1.79 bits per heavy atom. The molecule has 1 rings (SSSR count). The maximum absolute atomic E-state index is 10.7. The SMILES string of the molecule is Cc1cc(C)c(C(C=O)C=O)c(Br)c1. The molecular formula is C11H11BrO2. The first kappa shape index (κ1) is 11.1. The maximum Gasteiger partial charge on any atom is 0.134 e. The number of aryl methyl sites for hydroxylation is 2. The van der Waals surface area contributed by atoms with Gasteiger partial charge in [0.05, 0.1) is 5.92 Å². The van der Waals surface area contributed by atoms with Crippen molar-refractivity contribution in [2.45, 2.75) is 19.8 Å². The van der Waals surface area contributed by atoms with Crippen LogP contribution >= 0.6 is 15.9 Å². The number of hydrogen-bond donors (Lipinski definition) is 0. The van der Waals surface area contributed by atoms with Crippen LogP contribution in [0.15, 0.2) is 16.6 Å². The summed E-state index contributed by atoms with van der Waals surface area (Å²) >= 11 is 3.36. The summed E-state index contributed by atoms with van der Waals surface area (Å²) in [4.78, 5) is 21.3. The minimum absolute atomic E-state index is 0.662. The number of aldehydes is 2. The van der Waals surface area contributed by atoms with E-state index in [0.717, 1.165) is 21.2 Å². The summed E-state index contributed by atoms with van der Waals surface area (Å²) in [7, 11) is 0. The molecule has 3 heteroatoms. The molecule has 1 aromatic rings. The van der Waals surface area contributed by atoms with Gasteiger partial charge in [-0.15, -0.1) is 0 Å². The van der Waals surface area contributed by atoms with E-state index in [4.69, 9.17) is 0 Å². The molecule has 0 amide bonds. The Morgan fingerprint density at radius 1 is 1.21 bits per heavy atom. The fraction of sp³-hybridized carbons (Fsp3) is 0.273. The third kappa shape index (κ3) is 2.10. The summed E-state index contributed by atoms with van der Waals surface area (Å²) in [5.74, 6) is -0.662. The Kier molecular flexibility index (Phi) is 3.58. The van der Waals surface area contributed by atoms with Crippen LogP contribution in [0.4, 0.5) is 0 Å². The van der Waals surface area contributed by atoms with Crippen molar-refractivity contribution in [3.8, 4) is 0 Å². The van der Waals surface area contributed by atoms with Crippen LogP contribution in [0.2, 0.25) is 0 Å². The molecule has 14 heavy (non-hydrogen) atoms. The zero-order valence-electron chi connectivity index (χ0n) is 8.08. The van der Waals surface area contributed by atoms with Crippen LogP contribution < -0.4 is 0 Å². The molecule has 0 heterocycles. The lowest BCUT2D eigenvalue weighted by molar-refractivity contribution is -0.116. The standard InChI is InChI=1S/C11H11BrO2/c1-7-3-8(2)11(10(12)4-7)9(5-13)6-14/h3-6,9H,1-2H3. The third-order valence-electron chi connectivity index (χ3n) is 2.11. The molecule has 0 unspecified atom stereocenters. The predicted molar refractivity (Wildman–Crippen MR) is 58.5 cm³/mol. The van der Waals surface area contributed by atoms with E-state index in [-0.39, 0.29) is 0 Å². The number of hydrogen-bond acceptors (Lipinski definition) is 2. The van der Waals surface area contributed by atoms with Crippen LogP contribution in [-0.4, -0.2) is 12.6 Å². The van der Waals surface area contributed by atoms with E-state index in [2.05, 4.69) is 15.9 Å². The summed E-state index contributed by atoms with van der Waals surface area (Å²) in [6.45, 7) is 3.87. The van der Waals surface area contributed by atoms with Gasteiger partial charge in [-0.05, 0) is 36.6 Å². The van der Waals surface area contributed by atoms with Gasteiger partial charge in [0.1, 0.15) is 12.6 Å². The number of carbonyl (C=O) groups is 2. The number of benzene rings is 1. The van der Waals surface area contributed by atoms with E-state index in [1.165, 1.54) is 0 Å². The van der Waals surface area contributed by atoms with Crippen molar-refractivity contribution < 1.29 is 9.59 Å². The lowest BCUT2D eigenvalue weighted by atomic mass is 9.96. The van der Waals surface area contributed by atoms with Crippen molar-refractivity contribution in [3.63, 3.8) is 0 Å². The van der Waals surface area contributed by atoms with Gasteiger partial charge in [-0.1, -0.05) is 22.0 Å². The zero-order valence-corrected chi connectivity index (χ0v) is 9.67. The smallest absolute Gasteiger partial charge is 0.134 e. The molecular weight excluding hydrogens is 244 g/mol. The Balaban J connectivity index is 3.32. The molecule has 0 aromatic heterocycles. The van der Waals surface area contributed by atoms with Crippen molar-refractivity contribution >= 4 is 28.5 Å². The Hall–Kier alpha value is -0.960. The van der Waals surface area contributed by atoms with Crippen LogP contribution in [0.5, 0.6) is 0 Å². The molecule has 1 aromatic carbocycles. The lowest BCUT2D eigenvalue weighted by Gasteiger charge is -2.11. The van der Waals surface area contributed by atoms with Gasteiger partial charge in [-0.25, -0.2) is 0 Å². The van der Waals surface area contributed by atoms with Crippen LogP contribution in [0, 0.1) is 13.8 Å². The monoisotopic (exact) mass is 254 g/mol. The van der Waals surface area contributed by atoms with E-state index in [9.17, 15) is 9.59 Å². The molecule has 0 fully saturated rings. The zero-order chi connectivity index (χ0) is 10.7. The van der Waals surface area contributed by atoms with E-state index >= 15 is 0 Å². The minimum atomic E-state index is -0.662. The fourth-order valence-corrected chi connectivity index (χ4v) is 2.46. The number of halogens is 1. The minimum Gasteiger partial charge on any atom is -0.302 e. The molecule has 0 N–H and O–H groups in total. The summed E-state index contributed by atoms with van der Waals surface area (Å²) in [6.07, 6.45) is 1.32. The van der Waals surface area contributed by atoms with E-state index < -0.39 is 5.92 Å². The average Bonchev–Trinajstić information content (AvgIpc) is 2.10. The average molecular weight is 255 g/mol. The normalized spacial score (nSPS) is 10.3. The van der Waals surface area contributed by atoms with Crippen molar-refractivity contribution in [1.82, 2.24) is 0 Å². The highest BCUT2D eigenvalue weighted by Gasteiger charge is 2.15. The summed E-state index contributed by atoms with van der Waals surface area (Å²) in [5, 5.41) is 0. The largest absolute Gasteiger partial charge is 0.302 e. The van der Waals surface area contributed by atoms with Crippen LogP contribution in [0.3, 0.4) is 0 Å². The Morgan fingerprint density at radius 3 is 2.21 bits per heavy atom. The number of carbonyl (C=O) groups excluding carboxylic acids is 2. The molecule has 0 saturated heterocycles. The fourth-order valence-electron chi connectivity index (χ4n) is 1.52. The van der Waals surface area contributed by atoms with E-state index in [1.807, 2.05) is 26.0 Å². The van der Waals surface area contributed by atoms with Gasteiger partial charge in [-0.2, -0.15) is 0 Å². The molecule has 0 spiro atoms. The summed E-state index contributed by atoms with van der Waals surface area (Å²) < 4.78 is 0.819. The second-order valence-electron chi connectivity index (χ2n) is 3.28. The van der Waals surface area contributed by atoms with Crippen molar-refractivity contribution in [2.75, 3.05) is 0 Å². The molecule has 0 radical (unpaired) electrons. The van der Waals surface area contributed by atoms with Gasteiger partial charge in [-0.3, -0.25) is 0 Å². The second-order valence-corrected chi connectivity index (χ2v) is 4.13. The van der Waals surface area contributed by atoms with E-state index in [0.29, 0.717) is 12.6 Å². The van der Waals surface area contributed by atoms with Gasteiger partial charge in [0.15, 0.2) is 0 Å². The van der Waals surface area contributed by atoms with Crippen molar-refractivity contribution in [2.24, 2.45) is 0 Å². The molecule has 0 aliphatic carbocycles. The highest BCUT2D eigenvalue weighted by molar-refractivity contribution is 9.10. The van der Waals surface area contributed by atoms with Crippen LogP contribution in [0.25, 0.3) is 0 Å².